The monoisotopic (exact) mass is 298 g/mol. The highest BCUT2D eigenvalue weighted by molar-refractivity contribution is 5.46. The molecule has 0 aromatic carbocycles. The maximum Gasteiger partial charge on any atom is 0.0530 e. The van der Waals surface area contributed by atoms with Crippen LogP contribution >= 0.6 is 0 Å². The van der Waals surface area contributed by atoms with Crippen molar-refractivity contribution < 1.29 is 0 Å². The standard InChI is InChI=1S/C18H26N4/c1-17(2,3)21-14-8-10-20-16(11-14)12-18(4,5)22-15-7-6-9-19-13-15/h6-11,13,22H,12H2,1-5H3,(H,20,21). The molecule has 0 fully saturated rings. The highest BCUT2D eigenvalue weighted by Crippen LogP contribution is 2.20. The molecule has 0 unspecified atom stereocenters. The third kappa shape index (κ3) is 5.35. The molecule has 2 rings (SSSR count). The Hall–Kier alpha value is -2.10. The Morgan fingerprint density at radius 3 is 2.36 bits per heavy atom. The fourth-order valence-corrected chi connectivity index (χ4v) is 2.41. The Bertz CT molecular complexity index is 600. The molecule has 0 amide bonds. The molecule has 118 valence electrons. The summed E-state index contributed by atoms with van der Waals surface area (Å²) in [5.41, 5.74) is 3.14. The van der Waals surface area contributed by atoms with Crippen molar-refractivity contribution in [3.05, 3.63) is 48.5 Å². The van der Waals surface area contributed by atoms with Crippen LogP contribution in [0.5, 0.6) is 0 Å². The summed E-state index contributed by atoms with van der Waals surface area (Å²) in [6.07, 6.45) is 6.32. The molecule has 0 saturated heterocycles. The van der Waals surface area contributed by atoms with Crippen molar-refractivity contribution in [3.8, 4) is 0 Å². The summed E-state index contributed by atoms with van der Waals surface area (Å²) in [7, 11) is 0. The second kappa shape index (κ2) is 6.34. The minimum Gasteiger partial charge on any atom is -0.380 e. The van der Waals surface area contributed by atoms with Gasteiger partial charge in [-0.05, 0) is 58.9 Å². The number of nitrogens with zero attached hydrogens (tertiary/aromatic N) is 2. The van der Waals surface area contributed by atoms with E-state index in [0.29, 0.717) is 0 Å². The van der Waals surface area contributed by atoms with E-state index in [-0.39, 0.29) is 11.1 Å². The van der Waals surface area contributed by atoms with Crippen LogP contribution in [0.15, 0.2) is 42.9 Å². The molecule has 2 aromatic heterocycles. The van der Waals surface area contributed by atoms with Crippen LogP contribution in [0.4, 0.5) is 11.4 Å². The van der Waals surface area contributed by atoms with Crippen molar-refractivity contribution in [1.82, 2.24) is 9.97 Å². The first-order chi connectivity index (χ1) is 10.2. The maximum absolute atomic E-state index is 4.50. The van der Waals surface area contributed by atoms with Gasteiger partial charge in [0.2, 0.25) is 0 Å². The number of anilines is 2. The number of hydrogen-bond acceptors (Lipinski definition) is 4. The van der Waals surface area contributed by atoms with Crippen LogP contribution in [0.2, 0.25) is 0 Å². The highest BCUT2D eigenvalue weighted by atomic mass is 15.0. The lowest BCUT2D eigenvalue weighted by atomic mass is 9.97. The van der Waals surface area contributed by atoms with Gasteiger partial charge in [0.25, 0.3) is 0 Å². The molecule has 0 bridgehead atoms. The van der Waals surface area contributed by atoms with E-state index in [0.717, 1.165) is 23.5 Å². The zero-order valence-electron chi connectivity index (χ0n) is 14.1. The number of nitrogens with one attached hydrogen (secondary N) is 2. The van der Waals surface area contributed by atoms with Crippen molar-refractivity contribution in [1.29, 1.82) is 0 Å². The number of rotatable bonds is 5. The van der Waals surface area contributed by atoms with Crippen LogP contribution in [-0.2, 0) is 6.42 Å². The van der Waals surface area contributed by atoms with Crippen molar-refractivity contribution in [3.63, 3.8) is 0 Å². The number of aromatic nitrogens is 2. The van der Waals surface area contributed by atoms with Gasteiger partial charge in [-0.25, -0.2) is 0 Å². The van der Waals surface area contributed by atoms with Crippen molar-refractivity contribution in [2.45, 2.75) is 52.1 Å². The smallest absolute Gasteiger partial charge is 0.0530 e. The topological polar surface area (TPSA) is 49.8 Å². The zero-order chi connectivity index (χ0) is 16.2. The van der Waals surface area contributed by atoms with Crippen molar-refractivity contribution >= 4 is 11.4 Å². The number of hydrogen-bond donors (Lipinski definition) is 2. The Morgan fingerprint density at radius 1 is 0.955 bits per heavy atom. The van der Waals surface area contributed by atoms with Crippen molar-refractivity contribution in [2.75, 3.05) is 10.6 Å². The first-order valence-electron chi connectivity index (χ1n) is 7.65. The fraction of sp³-hybridized carbons (Fsp3) is 0.444. The quantitative estimate of drug-likeness (QED) is 0.872. The minimum atomic E-state index is -0.101. The Labute approximate surface area is 133 Å². The van der Waals surface area contributed by atoms with E-state index < -0.39 is 0 Å². The molecule has 2 aromatic rings. The molecule has 4 nitrogen and oxygen atoms in total. The van der Waals surface area contributed by atoms with Gasteiger partial charge in [-0.3, -0.25) is 9.97 Å². The van der Waals surface area contributed by atoms with Crippen LogP contribution in [0.3, 0.4) is 0 Å². The van der Waals surface area contributed by atoms with Gasteiger partial charge < -0.3 is 10.6 Å². The van der Waals surface area contributed by atoms with E-state index in [2.05, 4.69) is 61.3 Å². The molecule has 2 N–H and O–H groups in total. The molecule has 2 heterocycles. The SMILES string of the molecule is CC(C)(C)Nc1ccnc(CC(C)(C)Nc2cccnc2)c1. The maximum atomic E-state index is 4.50. The Morgan fingerprint density at radius 2 is 1.73 bits per heavy atom. The average molecular weight is 298 g/mol. The molecule has 0 aliphatic rings. The van der Waals surface area contributed by atoms with Crippen LogP contribution in [0, 0.1) is 0 Å². The molecule has 0 aliphatic carbocycles. The second-order valence-electron chi connectivity index (χ2n) is 7.34. The average Bonchev–Trinajstić information content (AvgIpc) is 2.36. The van der Waals surface area contributed by atoms with E-state index in [1.807, 2.05) is 30.6 Å². The summed E-state index contributed by atoms with van der Waals surface area (Å²) < 4.78 is 0. The molecular weight excluding hydrogens is 272 g/mol. The van der Waals surface area contributed by atoms with Gasteiger partial charge in [0, 0.05) is 47.5 Å². The fourth-order valence-electron chi connectivity index (χ4n) is 2.41. The van der Waals surface area contributed by atoms with Gasteiger partial charge in [-0.2, -0.15) is 0 Å². The second-order valence-corrected chi connectivity index (χ2v) is 7.34. The first kappa shape index (κ1) is 16.3. The van der Waals surface area contributed by atoms with Gasteiger partial charge in [-0.1, -0.05) is 0 Å². The van der Waals surface area contributed by atoms with E-state index in [9.17, 15) is 0 Å². The molecule has 4 heteroatoms. The molecule has 22 heavy (non-hydrogen) atoms. The van der Waals surface area contributed by atoms with Crippen LogP contribution in [-0.4, -0.2) is 21.0 Å². The third-order valence-corrected chi connectivity index (χ3v) is 3.10. The summed E-state index contributed by atoms with van der Waals surface area (Å²) in [5, 5.41) is 7.00. The first-order valence-corrected chi connectivity index (χ1v) is 7.65. The lowest BCUT2D eigenvalue weighted by Gasteiger charge is -2.28. The minimum absolute atomic E-state index is 0.0437. The summed E-state index contributed by atoms with van der Waals surface area (Å²) in [6, 6.07) is 8.10. The zero-order valence-corrected chi connectivity index (χ0v) is 14.1. The van der Waals surface area contributed by atoms with Gasteiger partial charge in [-0.15, -0.1) is 0 Å². The van der Waals surface area contributed by atoms with Crippen LogP contribution in [0.25, 0.3) is 0 Å². The number of pyridine rings is 2. The van der Waals surface area contributed by atoms with Gasteiger partial charge in [0.05, 0.1) is 5.69 Å². The van der Waals surface area contributed by atoms with Crippen LogP contribution in [0.1, 0.15) is 40.3 Å². The normalized spacial score (nSPS) is 12.0. The van der Waals surface area contributed by atoms with Crippen LogP contribution < -0.4 is 10.6 Å². The van der Waals surface area contributed by atoms with E-state index in [1.165, 1.54) is 0 Å². The third-order valence-electron chi connectivity index (χ3n) is 3.10. The molecular formula is C18H26N4. The molecule has 0 saturated carbocycles. The Balaban J connectivity index is 2.07. The van der Waals surface area contributed by atoms with Gasteiger partial charge in [0.1, 0.15) is 0 Å². The summed E-state index contributed by atoms with van der Waals surface area (Å²) in [6.45, 7) is 10.8. The molecule has 0 spiro atoms. The van der Waals surface area contributed by atoms with Gasteiger partial charge in [0.15, 0.2) is 0 Å². The van der Waals surface area contributed by atoms with Crippen molar-refractivity contribution in [2.24, 2.45) is 0 Å². The Kier molecular flexibility index (Phi) is 4.69. The lowest BCUT2D eigenvalue weighted by Crippen LogP contribution is -2.34. The molecule has 0 atom stereocenters. The van der Waals surface area contributed by atoms with E-state index in [4.69, 9.17) is 0 Å². The molecule has 0 radical (unpaired) electrons. The summed E-state index contributed by atoms with van der Waals surface area (Å²) in [4.78, 5) is 8.64. The largest absolute Gasteiger partial charge is 0.380 e. The predicted octanol–water partition coefficient (Wildman–Crippen LogP) is 4.12. The van der Waals surface area contributed by atoms with E-state index in [1.54, 1.807) is 6.20 Å². The lowest BCUT2D eigenvalue weighted by molar-refractivity contribution is 0.556. The summed E-state index contributed by atoms with van der Waals surface area (Å²) in [5.74, 6) is 0. The van der Waals surface area contributed by atoms with E-state index >= 15 is 0 Å². The summed E-state index contributed by atoms with van der Waals surface area (Å²) >= 11 is 0. The molecule has 0 aliphatic heterocycles. The van der Waals surface area contributed by atoms with Gasteiger partial charge >= 0.3 is 0 Å². The predicted molar refractivity (Wildman–Crippen MR) is 93.3 cm³/mol. The highest BCUT2D eigenvalue weighted by Gasteiger charge is 2.19.